The average molecular weight is 394 g/mol. The first-order chi connectivity index (χ1) is 13.7. The van der Waals surface area contributed by atoms with Gasteiger partial charge in [-0.15, -0.1) is 0 Å². The van der Waals surface area contributed by atoms with E-state index in [1.54, 1.807) is 6.07 Å². The Morgan fingerprint density at radius 2 is 1.76 bits per heavy atom. The van der Waals surface area contributed by atoms with Gasteiger partial charge in [-0.25, -0.2) is 10.1 Å². The van der Waals surface area contributed by atoms with E-state index in [0.717, 1.165) is 11.0 Å². The van der Waals surface area contributed by atoms with Gasteiger partial charge >= 0.3 is 19.2 Å². The van der Waals surface area contributed by atoms with E-state index in [0.29, 0.717) is 11.1 Å². The Morgan fingerprint density at radius 1 is 1.07 bits per heavy atom. The van der Waals surface area contributed by atoms with E-state index in [2.05, 4.69) is 10.3 Å². The number of aromatic nitrogens is 1. The number of hydrogen-bond acceptors (Lipinski definition) is 6. The molecule has 4 rings (SSSR count). The predicted molar refractivity (Wildman–Crippen MR) is 110 cm³/mol. The second-order valence-electron chi connectivity index (χ2n) is 8.02. The Hall–Kier alpha value is -2.84. The molecule has 0 spiro atoms. The fraction of sp³-hybridized carbons (Fsp3) is 0.333. The number of fused-ring (bicyclic) bond motifs is 1. The van der Waals surface area contributed by atoms with Crippen molar-refractivity contribution in [1.29, 1.82) is 0 Å². The van der Waals surface area contributed by atoms with Crippen molar-refractivity contribution in [2.45, 2.75) is 45.5 Å². The maximum absolute atomic E-state index is 12.0. The van der Waals surface area contributed by atoms with Gasteiger partial charge in [0.05, 0.1) is 11.2 Å². The minimum Gasteiger partial charge on any atom is -0.444 e. The third kappa shape index (κ3) is 3.99. The lowest BCUT2D eigenvalue weighted by Gasteiger charge is -2.32. The molecule has 1 amide bonds. The number of benzene rings is 2. The van der Waals surface area contributed by atoms with E-state index < -0.39 is 24.4 Å². The van der Waals surface area contributed by atoms with Crippen molar-refractivity contribution in [2.24, 2.45) is 0 Å². The van der Waals surface area contributed by atoms with E-state index in [4.69, 9.17) is 18.5 Å². The molecule has 0 saturated carbocycles. The molecule has 0 aliphatic carbocycles. The number of rotatable bonds is 4. The van der Waals surface area contributed by atoms with Crippen LogP contribution in [0.15, 0.2) is 52.9 Å². The molecule has 2 aromatic carbocycles. The number of carbonyl (C=O) groups excluding carboxylic acids is 1. The number of amides is 1. The molecule has 7 nitrogen and oxygen atoms in total. The normalized spacial score (nSPS) is 17.4. The van der Waals surface area contributed by atoms with Gasteiger partial charge in [0.25, 0.3) is 0 Å². The van der Waals surface area contributed by atoms with Crippen molar-refractivity contribution in [2.75, 3.05) is 5.32 Å². The number of nitrogens with zero attached hydrogens (tertiary/aromatic N) is 1. The average Bonchev–Trinajstić information content (AvgIpc) is 3.16. The zero-order valence-electron chi connectivity index (χ0n) is 16.9. The van der Waals surface area contributed by atoms with Crippen LogP contribution in [0, 0.1) is 0 Å². The Kier molecular flexibility index (Phi) is 4.84. The third-order valence-electron chi connectivity index (χ3n) is 5.36. The number of anilines is 1. The molecule has 1 saturated heterocycles. The molecular weight excluding hydrogens is 371 g/mol. The Balaban J connectivity index is 1.44. The van der Waals surface area contributed by atoms with Crippen molar-refractivity contribution in [3.8, 4) is 0 Å². The van der Waals surface area contributed by atoms with Crippen LogP contribution in [0.1, 0.15) is 33.3 Å². The molecule has 0 unspecified atom stereocenters. The number of hydrogen-bond donors (Lipinski definition) is 1. The van der Waals surface area contributed by atoms with Crippen LogP contribution in [0.4, 0.5) is 10.8 Å². The van der Waals surface area contributed by atoms with Gasteiger partial charge in [0.1, 0.15) is 12.1 Å². The van der Waals surface area contributed by atoms with Gasteiger partial charge in [-0.3, -0.25) is 0 Å². The maximum Gasteiger partial charge on any atom is 0.494 e. The van der Waals surface area contributed by atoms with E-state index in [1.165, 1.54) is 0 Å². The second-order valence-corrected chi connectivity index (χ2v) is 8.02. The quantitative estimate of drug-likeness (QED) is 0.677. The number of carbonyl (C=O) groups is 1. The molecule has 29 heavy (non-hydrogen) atoms. The highest BCUT2D eigenvalue weighted by Gasteiger charge is 2.51. The SMILES string of the molecule is CC1(C)OB(c2ccc3nc(NC(=O)OCc4ccccc4)oc3c2)OC1(C)C. The Labute approximate surface area is 169 Å². The molecule has 3 aromatic rings. The van der Waals surface area contributed by atoms with E-state index in [1.807, 2.05) is 70.2 Å². The minimum absolute atomic E-state index is 0.0733. The van der Waals surface area contributed by atoms with Gasteiger partial charge in [-0.05, 0) is 50.9 Å². The maximum atomic E-state index is 12.0. The number of oxazole rings is 1. The third-order valence-corrected chi connectivity index (χ3v) is 5.36. The molecule has 1 aliphatic heterocycles. The summed E-state index contributed by atoms with van der Waals surface area (Å²) in [5.74, 6) is 0. The first-order valence-corrected chi connectivity index (χ1v) is 9.47. The van der Waals surface area contributed by atoms with Crippen LogP contribution in [-0.4, -0.2) is 29.4 Å². The van der Waals surface area contributed by atoms with Crippen molar-refractivity contribution in [1.82, 2.24) is 4.98 Å². The summed E-state index contributed by atoms with van der Waals surface area (Å²) in [4.78, 5) is 16.3. The largest absolute Gasteiger partial charge is 0.494 e. The smallest absolute Gasteiger partial charge is 0.444 e. The molecule has 2 heterocycles. The molecule has 1 N–H and O–H groups in total. The molecule has 1 fully saturated rings. The summed E-state index contributed by atoms with van der Waals surface area (Å²) in [6.45, 7) is 8.18. The van der Waals surface area contributed by atoms with Crippen LogP contribution in [-0.2, 0) is 20.7 Å². The molecule has 0 atom stereocenters. The van der Waals surface area contributed by atoms with Crippen LogP contribution < -0.4 is 10.8 Å². The second kappa shape index (κ2) is 7.20. The van der Waals surface area contributed by atoms with Gasteiger partial charge in [-0.1, -0.05) is 36.4 Å². The Morgan fingerprint density at radius 3 is 2.45 bits per heavy atom. The zero-order chi connectivity index (χ0) is 20.6. The first kappa shape index (κ1) is 19.5. The fourth-order valence-corrected chi connectivity index (χ4v) is 2.97. The molecule has 1 aromatic heterocycles. The standard InChI is InChI=1S/C21H23BN2O5/c1-20(2)21(3,4)29-22(28-20)15-10-11-16-17(12-15)27-18(23-16)24-19(25)26-13-14-8-6-5-7-9-14/h5-12H,13H2,1-4H3,(H,23,24,25). The highest BCUT2D eigenvalue weighted by atomic mass is 16.7. The monoisotopic (exact) mass is 394 g/mol. The lowest BCUT2D eigenvalue weighted by Crippen LogP contribution is -2.41. The van der Waals surface area contributed by atoms with Crippen molar-refractivity contribution in [3.63, 3.8) is 0 Å². The molecule has 1 aliphatic rings. The zero-order valence-corrected chi connectivity index (χ0v) is 16.9. The summed E-state index contributed by atoms with van der Waals surface area (Å²) in [6, 6.07) is 15.0. The lowest BCUT2D eigenvalue weighted by atomic mass is 9.79. The highest BCUT2D eigenvalue weighted by molar-refractivity contribution is 6.62. The van der Waals surface area contributed by atoms with E-state index in [-0.39, 0.29) is 12.6 Å². The summed E-state index contributed by atoms with van der Waals surface area (Å²) >= 11 is 0. The first-order valence-electron chi connectivity index (χ1n) is 9.47. The van der Waals surface area contributed by atoms with Crippen LogP contribution in [0.2, 0.25) is 0 Å². The molecule has 8 heteroatoms. The van der Waals surface area contributed by atoms with Crippen molar-refractivity contribution < 1.29 is 23.3 Å². The summed E-state index contributed by atoms with van der Waals surface area (Å²) in [5, 5.41) is 2.52. The van der Waals surface area contributed by atoms with Crippen molar-refractivity contribution in [3.05, 3.63) is 54.1 Å². The highest BCUT2D eigenvalue weighted by Crippen LogP contribution is 2.36. The van der Waals surface area contributed by atoms with Crippen molar-refractivity contribution >= 4 is 35.8 Å². The molecule has 150 valence electrons. The van der Waals surface area contributed by atoms with Gasteiger partial charge in [-0.2, -0.15) is 4.98 Å². The molecular formula is C21H23BN2O5. The van der Waals surface area contributed by atoms with E-state index in [9.17, 15) is 4.79 Å². The Bertz CT molecular complexity index is 1020. The van der Waals surface area contributed by atoms with Gasteiger partial charge in [0.15, 0.2) is 5.58 Å². The molecule has 0 bridgehead atoms. The summed E-state index contributed by atoms with van der Waals surface area (Å²) in [6.07, 6.45) is -0.633. The number of nitrogens with one attached hydrogen (secondary N) is 1. The summed E-state index contributed by atoms with van der Waals surface area (Å²) in [7, 11) is -0.498. The summed E-state index contributed by atoms with van der Waals surface area (Å²) < 4.78 is 23.0. The summed E-state index contributed by atoms with van der Waals surface area (Å²) in [5.41, 5.74) is 2.00. The van der Waals surface area contributed by atoms with Crippen LogP contribution in [0.25, 0.3) is 11.1 Å². The minimum atomic E-state index is -0.633. The van der Waals surface area contributed by atoms with Crippen LogP contribution >= 0.6 is 0 Å². The number of ether oxygens (including phenoxy) is 1. The van der Waals surface area contributed by atoms with Gasteiger partial charge < -0.3 is 18.5 Å². The van der Waals surface area contributed by atoms with E-state index >= 15 is 0 Å². The fourth-order valence-electron chi connectivity index (χ4n) is 2.97. The van der Waals surface area contributed by atoms with Gasteiger partial charge in [0, 0.05) is 0 Å². The van der Waals surface area contributed by atoms with Gasteiger partial charge in [0.2, 0.25) is 0 Å². The topological polar surface area (TPSA) is 82.8 Å². The predicted octanol–water partition coefficient (Wildman–Crippen LogP) is 3.88. The van der Waals surface area contributed by atoms with Crippen LogP contribution in [0.3, 0.4) is 0 Å². The lowest BCUT2D eigenvalue weighted by molar-refractivity contribution is 0.00578. The van der Waals surface area contributed by atoms with Crippen LogP contribution in [0.5, 0.6) is 0 Å². The molecule has 0 radical (unpaired) electrons.